The van der Waals surface area contributed by atoms with Crippen LogP contribution in [0.25, 0.3) is 0 Å². The summed E-state index contributed by atoms with van der Waals surface area (Å²) < 4.78 is 1.33. The van der Waals surface area contributed by atoms with E-state index in [1.54, 1.807) is 25.1 Å². The summed E-state index contributed by atoms with van der Waals surface area (Å²) in [6, 6.07) is 9.16. The van der Waals surface area contributed by atoms with Crippen LogP contribution in [0, 0.1) is 17.0 Å². The Morgan fingerprint density at radius 1 is 1.22 bits per heavy atom. The second-order valence-electron chi connectivity index (χ2n) is 3.89. The number of nitro benzene ring substituents is 1. The minimum absolute atomic E-state index is 0.0308. The van der Waals surface area contributed by atoms with Gasteiger partial charge in [-0.25, -0.2) is 4.68 Å². The minimum atomic E-state index is -0.457. The maximum Gasteiger partial charge on any atom is 0.269 e. The van der Waals surface area contributed by atoms with Crippen molar-refractivity contribution in [2.24, 2.45) is 0 Å². The van der Waals surface area contributed by atoms with E-state index in [0.29, 0.717) is 6.54 Å². The first-order valence-corrected chi connectivity index (χ1v) is 5.34. The lowest BCUT2D eigenvalue weighted by molar-refractivity contribution is -0.384. The molecule has 2 rings (SSSR count). The van der Waals surface area contributed by atoms with Crippen molar-refractivity contribution < 1.29 is 4.92 Å². The molecule has 6 nitrogen and oxygen atoms in total. The SMILES string of the molecule is Cc1ccc(=O)n(Cc2ccc([N+](=O)[O-])cc2)n1. The largest absolute Gasteiger partial charge is 0.269 e. The minimum Gasteiger partial charge on any atom is -0.268 e. The smallest absolute Gasteiger partial charge is 0.268 e. The lowest BCUT2D eigenvalue weighted by atomic mass is 10.2. The van der Waals surface area contributed by atoms with Gasteiger partial charge in [0.05, 0.1) is 17.2 Å². The lowest BCUT2D eigenvalue weighted by Gasteiger charge is -2.04. The van der Waals surface area contributed by atoms with E-state index >= 15 is 0 Å². The first kappa shape index (κ1) is 12.0. The van der Waals surface area contributed by atoms with Crippen LogP contribution < -0.4 is 5.56 Å². The Balaban J connectivity index is 2.26. The highest BCUT2D eigenvalue weighted by Gasteiger charge is 2.05. The number of rotatable bonds is 3. The molecule has 0 N–H and O–H groups in total. The molecule has 1 aromatic carbocycles. The predicted octanol–water partition coefficient (Wildman–Crippen LogP) is 1.51. The van der Waals surface area contributed by atoms with Crippen molar-refractivity contribution in [3.63, 3.8) is 0 Å². The summed E-state index contributed by atoms with van der Waals surface area (Å²) in [6.07, 6.45) is 0. The van der Waals surface area contributed by atoms with E-state index in [-0.39, 0.29) is 11.2 Å². The van der Waals surface area contributed by atoms with Crippen LogP contribution in [0.5, 0.6) is 0 Å². The molecule has 0 aliphatic carbocycles. The molecule has 0 aliphatic rings. The zero-order valence-corrected chi connectivity index (χ0v) is 9.74. The normalized spacial score (nSPS) is 10.3. The molecule has 0 amide bonds. The molecule has 0 saturated carbocycles. The van der Waals surface area contributed by atoms with Crippen molar-refractivity contribution in [3.8, 4) is 0 Å². The van der Waals surface area contributed by atoms with Gasteiger partial charge >= 0.3 is 0 Å². The molecule has 0 radical (unpaired) electrons. The van der Waals surface area contributed by atoms with E-state index in [0.717, 1.165) is 11.3 Å². The lowest BCUT2D eigenvalue weighted by Crippen LogP contribution is -2.22. The number of hydrogen-bond donors (Lipinski definition) is 0. The number of hydrogen-bond acceptors (Lipinski definition) is 4. The van der Waals surface area contributed by atoms with Crippen LogP contribution in [0.15, 0.2) is 41.2 Å². The van der Waals surface area contributed by atoms with E-state index in [9.17, 15) is 14.9 Å². The second kappa shape index (κ2) is 4.79. The highest BCUT2D eigenvalue weighted by molar-refractivity contribution is 5.32. The van der Waals surface area contributed by atoms with Crippen molar-refractivity contribution in [2.75, 3.05) is 0 Å². The molecule has 18 heavy (non-hydrogen) atoms. The van der Waals surface area contributed by atoms with Crippen LogP contribution in [-0.2, 0) is 6.54 Å². The average molecular weight is 245 g/mol. The quantitative estimate of drug-likeness (QED) is 0.606. The molecule has 0 unspecified atom stereocenters. The Kier molecular flexibility index (Phi) is 3.18. The van der Waals surface area contributed by atoms with Crippen molar-refractivity contribution in [1.29, 1.82) is 0 Å². The van der Waals surface area contributed by atoms with Gasteiger partial charge in [-0.1, -0.05) is 12.1 Å². The van der Waals surface area contributed by atoms with Crippen LogP contribution in [-0.4, -0.2) is 14.7 Å². The number of aromatic nitrogens is 2. The standard InChI is InChI=1S/C12H11N3O3/c1-9-2-7-12(16)14(13-9)8-10-3-5-11(6-4-10)15(17)18/h2-7H,8H2,1H3. The maximum absolute atomic E-state index is 11.5. The fraction of sp³-hybridized carbons (Fsp3) is 0.167. The fourth-order valence-electron chi connectivity index (χ4n) is 1.56. The summed E-state index contributed by atoms with van der Waals surface area (Å²) in [7, 11) is 0. The van der Waals surface area contributed by atoms with Crippen molar-refractivity contribution >= 4 is 5.69 Å². The Labute approximate surface area is 103 Å². The third-order valence-electron chi connectivity index (χ3n) is 2.48. The highest BCUT2D eigenvalue weighted by atomic mass is 16.6. The van der Waals surface area contributed by atoms with Crippen LogP contribution in [0.3, 0.4) is 0 Å². The zero-order valence-electron chi connectivity index (χ0n) is 9.74. The summed E-state index contributed by atoms with van der Waals surface area (Å²) in [6.45, 7) is 2.10. The van der Waals surface area contributed by atoms with E-state index in [2.05, 4.69) is 5.10 Å². The molecule has 92 valence electrons. The maximum atomic E-state index is 11.5. The van der Waals surface area contributed by atoms with E-state index in [1.165, 1.54) is 22.9 Å². The van der Waals surface area contributed by atoms with Gasteiger partial charge in [0.15, 0.2) is 0 Å². The molecule has 1 aromatic heterocycles. The zero-order chi connectivity index (χ0) is 13.1. The van der Waals surface area contributed by atoms with Gasteiger partial charge in [-0.3, -0.25) is 14.9 Å². The molecule has 1 heterocycles. The van der Waals surface area contributed by atoms with Gasteiger partial charge in [0.25, 0.3) is 11.2 Å². The first-order chi connectivity index (χ1) is 8.56. The summed E-state index contributed by atoms with van der Waals surface area (Å²) in [4.78, 5) is 21.6. The highest BCUT2D eigenvalue weighted by Crippen LogP contribution is 2.12. The summed E-state index contributed by atoms with van der Waals surface area (Å²) >= 11 is 0. The van der Waals surface area contributed by atoms with Gasteiger partial charge < -0.3 is 0 Å². The second-order valence-corrected chi connectivity index (χ2v) is 3.89. The average Bonchev–Trinajstić information content (AvgIpc) is 2.34. The van der Waals surface area contributed by atoms with Crippen molar-refractivity contribution in [2.45, 2.75) is 13.5 Å². The monoisotopic (exact) mass is 245 g/mol. The van der Waals surface area contributed by atoms with Crippen molar-refractivity contribution in [3.05, 3.63) is 68.1 Å². The van der Waals surface area contributed by atoms with Crippen LogP contribution in [0.1, 0.15) is 11.3 Å². The topological polar surface area (TPSA) is 78.0 Å². The van der Waals surface area contributed by atoms with Crippen LogP contribution in [0.2, 0.25) is 0 Å². The Hall–Kier alpha value is -2.50. The third kappa shape index (κ3) is 2.60. The molecule has 0 bridgehead atoms. The molecular formula is C12H11N3O3. The molecular weight excluding hydrogens is 234 g/mol. The van der Waals surface area contributed by atoms with E-state index in [4.69, 9.17) is 0 Å². The van der Waals surface area contributed by atoms with Gasteiger partial charge in [0.2, 0.25) is 0 Å². The number of non-ortho nitro benzene ring substituents is 1. The van der Waals surface area contributed by atoms with Crippen LogP contribution >= 0.6 is 0 Å². The number of nitro groups is 1. The van der Waals surface area contributed by atoms with E-state index in [1.807, 2.05) is 0 Å². The van der Waals surface area contributed by atoms with Crippen LogP contribution in [0.4, 0.5) is 5.69 Å². The molecule has 0 saturated heterocycles. The van der Waals surface area contributed by atoms with Crippen molar-refractivity contribution in [1.82, 2.24) is 9.78 Å². The predicted molar refractivity (Wildman–Crippen MR) is 65.4 cm³/mol. The van der Waals surface area contributed by atoms with Gasteiger partial charge in [-0.2, -0.15) is 5.10 Å². The molecule has 0 aliphatic heterocycles. The number of aryl methyl sites for hydroxylation is 1. The van der Waals surface area contributed by atoms with Gasteiger partial charge in [-0.05, 0) is 18.6 Å². The molecule has 2 aromatic rings. The Bertz CT molecular complexity index is 632. The number of benzene rings is 1. The molecule has 0 atom stereocenters. The fourth-order valence-corrected chi connectivity index (χ4v) is 1.56. The summed E-state index contributed by atoms with van der Waals surface area (Å²) in [5.41, 5.74) is 1.37. The molecule has 0 spiro atoms. The van der Waals surface area contributed by atoms with Gasteiger partial charge in [-0.15, -0.1) is 0 Å². The number of nitrogens with zero attached hydrogens (tertiary/aromatic N) is 3. The van der Waals surface area contributed by atoms with Gasteiger partial charge in [0.1, 0.15) is 0 Å². The Morgan fingerprint density at radius 2 is 1.89 bits per heavy atom. The van der Waals surface area contributed by atoms with E-state index < -0.39 is 4.92 Å². The summed E-state index contributed by atoms with van der Waals surface area (Å²) in [5, 5.41) is 14.6. The Morgan fingerprint density at radius 3 is 2.50 bits per heavy atom. The third-order valence-corrected chi connectivity index (χ3v) is 2.48. The van der Waals surface area contributed by atoms with Gasteiger partial charge in [0, 0.05) is 18.2 Å². The molecule has 0 fully saturated rings. The first-order valence-electron chi connectivity index (χ1n) is 5.34. The summed E-state index contributed by atoms with van der Waals surface area (Å²) in [5.74, 6) is 0. The molecule has 6 heteroatoms.